The highest BCUT2D eigenvalue weighted by Gasteiger charge is 2.36. The Labute approximate surface area is 106 Å². The number of nitrogens with one attached hydrogen (secondary N) is 1. The van der Waals surface area contributed by atoms with E-state index in [9.17, 15) is 4.79 Å². The Bertz CT molecular complexity index is 422. The SMILES string of the molecule is COC(=O)[C@@H]1CC(C)[C@H](c2ccccc2Cl)N1. The molecular weight excluding hydrogens is 238 g/mol. The van der Waals surface area contributed by atoms with Crippen LogP contribution in [0.3, 0.4) is 0 Å². The number of carbonyl (C=O) groups is 1. The Kier molecular flexibility index (Phi) is 3.69. The zero-order valence-electron chi connectivity index (χ0n) is 9.94. The number of esters is 1. The summed E-state index contributed by atoms with van der Waals surface area (Å²) in [5, 5.41) is 4.03. The van der Waals surface area contributed by atoms with Crippen LogP contribution in [0.2, 0.25) is 5.02 Å². The minimum atomic E-state index is -0.226. The zero-order chi connectivity index (χ0) is 12.4. The summed E-state index contributed by atoms with van der Waals surface area (Å²) in [5.41, 5.74) is 1.05. The van der Waals surface area contributed by atoms with Crippen molar-refractivity contribution in [3.05, 3.63) is 34.9 Å². The van der Waals surface area contributed by atoms with Gasteiger partial charge < -0.3 is 4.74 Å². The van der Waals surface area contributed by atoms with Crippen molar-refractivity contribution < 1.29 is 9.53 Å². The third-order valence-electron chi connectivity index (χ3n) is 3.28. The molecule has 0 saturated carbocycles. The van der Waals surface area contributed by atoms with Gasteiger partial charge >= 0.3 is 5.97 Å². The van der Waals surface area contributed by atoms with E-state index >= 15 is 0 Å². The van der Waals surface area contributed by atoms with Crippen molar-refractivity contribution >= 4 is 17.6 Å². The molecule has 17 heavy (non-hydrogen) atoms. The molecule has 1 aliphatic rings. The Balaban J connectivity index is 2.19. The third kappa shape index (κ3) is 2.45. The second kappa shape index (κ2) is 5.07. The first-order valence-electron chi connectivity index (χ1n) is 5.71. The molecule has 1 heterocycles. The van der Waals surface area contributed by atoms with Crippen molar-refractivity contribution in [3.63, 3.8) is 0 Å². The van der Waals surface area contributed by atoms with Crippen LogP contribution in [0.5, 0.6) is 0 Å². The number of methoxy groups -OCH3 is 1. The molecule has 0 aromatic heterocycles. The fraction of sp³-hybridized carbons (Fsp3) is 0.462. The summed E-state index contributed by atoms with van der Waals surface area (Å²) in [6, 6.07) is 7.63. The first-order valence-corrected chi connectivity index (χ1v) is 6.09. The van der Waals surface area contributed by atoms with E-state index < -0.39 is 0 Å². The summed E-state index contributed by atoms with van der Waals surface area (Å²) in [5.74, 6) is 0.158. The average Bonchev–Trinajstić information content (AvgIpc) is 2.71. The van der Waals surface area contributed by atoms with Crippen LogP contribution in [0.4, 0.5) is 0 Å². The van der Waals surface area contributed by atoms with E-state index in [1.807, 2.05) is 24.3 Å². The largest absolute Gasteiger partial charge is 0.468 e. The van der Waals surface area contributed by atoms with Gasteiger partial charge in [-0.3, -0.25) is 10.1 Å². The first kappa shape index (κ1) is 12.4. The molecule has 0 radical (unpaired) electrons. The quantitative estimate of drug-likeness (QED) is 0.824. The topological polar surface area (TPSA) is 38.3 Å². The molecule has 0 bridgehead atoms. The second-order valence-electron chi connectivity index (χ2n) is 4.45. The highest BCUT2D eigenvalue weighted by molar-refractivity contribution is 6.31. The van der Waals surface area contributed by atoms with Gasteiger partial charge in [-0.05, 0) is 24.0 Å². The molecule has 92 valence electrons. The molecule has 1 saturated heterocycles. The number of hydrogen-bond acceptors (Lipinski definition) is 3. The van der Waals surface area contributed by atoms with Crippen molar-refractivity contribution in [2.75, 3.05) is 7.11 Å². The summed E-state index contributed by atoms with van der Waals surface area (Å²) in [7, 11) is 1.41. The molecule has 1 fully saturated rings. The third-order valence-corrected chi connectivity index (χ3v) is 3.63. The maximum absolute atomic E-state index is 11.5. The molecule has 2 rings (SSSR count). The Morgan fingerprint density at radius 3 is 2.82 bits per heavy atom. The molecule has 1 N–H and O–H groups in total. The minimum absolute atomic E-state index is 0.118. The summed E-state index contributed by atoms with van der Waals surface area (Å²) in [4.78, 5) is 11.5. The van der Waals surface area contributed by atoms with Gasteiger partial charge in [0.15, 0.2) is 0 Å². The van der Waals surface area contributed by atoms with Crippen molar-refractivity contribution in [3.8, 4) is 0 Å². The predicted molar refractivity (Wildman–Crippen MR) is 66.9 cm³/mol. The summed E-state index contributed by atoms with van der Waals surface area (Å²) < 4.78 is 4.76. The molecule has 3 atom stereocenters. The van der Waals surface area contributed by atoms with Crippen molar-refractivity contribution in [2.45, 2.75) is 25.4 Å². The van der Waals surface area contributed by atoms with Crippen LogP contribution in [-0.2, 0) is 9.53 Å². The van der Waals surface area contributed by atoms with Gasteiger partial charge in [0.25, 0.3) is 0 Å². The van der Waals surface area contributed by atoms with Crippen molar-refractivity contribution in [2.24, 2.45) is 5.92 Å². The van der Waals surface area contributed by atoms with Crippen molar-refractivity contribution in [1.82, 2.24) is 5.32 Å². The van der Waals surface area contributed by atoms with Gasteiger partial charge in [0.1, 0.15) is 6.04 Å². The van der Waals surface area contributed by atoms with Crippen LogP contribution in [0.15, 0.2) is 24.3 Å². The molecule has 1 aromatic carbocycles. The summed E-state index contributed by atoms with van der Waals surface area (Å²) >= 11 is 6.17. The zero-order valence-corrected chi connectivity index (χ0v) is 10.7. The molecular formula is C13H16ClNO2. The van der Waals surface area contributed by atoms with Crippen LogP contribution in [0.1, 0.15) is 24.9 Å². The van der Waals surface area contributed by atoms with E-state index in [0.29, 0.717) is 5.92 Å². The highest BCUT2D eigenvalue weighted by Crippen LogP contribution is 2.35. The van der Waals surface area contributed by atoms with Gasteiger partial charge in [-0.25, -0.2) is 0 Å². The average molecular weight is 254 g/mol. The van der Waals surface area contributed by atoms with Gasteiger partial charge in [0, 0.05) is 11.1 Å². The van der Waals surface area contributed by atoms with Crippen LogP contribution < -0.4 is 5.32 Å². The first-order chi connectivity index (χ1) is 8.13. The molecule has 0 aliphatic carbocycles. The Morgan fingerprint density at radius 1 is 1.47 bits per heavy atom. The molecule has 0 spiro atoms. The van der Waals surface area contributed by atoms with Crippen molar-refractivity contribution in [1.29, 1.82) is 0 Å². The minimum Gasteiger partial charge on any atom is -0.468 e. The predicted octanol–water partition coefficient (Wildman–Crippen LogP) is 2.55. The normalized spacial score (nSPS) is 28.1. The lowest BCUT2D eigenvalue weighted by Crippen LogP contribution is -2.33. The maximum atomic E-state index is 11.5. The van der Waals surface area contributed by atoms with Gasteiger partial charge in [0.2, 0.25) is 0 Å². The smallest absolute Gasteiger partial charge is 0.322 e. The lowest BCUT2D eigenvalue weighted by molar-refractivity contribution is -0.142. The number of hydrogen-bond donors (Lipinski definition) is 1. The van der Waals surface area contributed by atoms with E-state index in [1.165, 1.54) is 7.11 Å². The summed E-state index contributed by atoms with van der Waals surface area (Å²) in [6.45, 7) is 2.12. The molecule has 1 aliphatic heterocycles. The summed E-state index contributed by atoms with van der Waals surface area (Å²) in [6.07, 6.45) is 0.780. The molecule has 3 nitrogen and oxygen atoms in total. The van der Waals surface area contributed by atoms with Gasteiger partial charge in [-0.2, -0.15) is 0 Å². The van der Waals surface area contributed by atoms with E-state index in [4.69, 9.17) is 16.3 Å². The maximum Gasteiger partial charge on any atom is 0.322 e. The number of halogens is 1. The van der Waals surface area contributed by atoms with E-state index in [2.05, 4.69) is 12.2 Å². The number of ether oxygens (including phenoxy) is 1. The number of benzene rings is 1. The van der Waals surface area contributed by atoms with Gasteiger partial charge in [-0.1, -0.05) is 36.7 Å². The molecule has 0 amide bonds. The van der Waals surface area contributed by atoms with E-state index in [1.54, 1.807) is 0 Å². The Morgan fingerprint density at radius 2 is 2.18 bits per heavy atom. The van der Waals surface area contributed by atoms with E-state index in [-0.39, 0.29) is 18.1 Å². The van der Waals surface area contributed by atoms with Gasteiger partial charge in [-0.15, -0.1) is 0 Å². The highest BCUT2D eigenvalue weighted by atomic mass is 35.5. The second-order valence-corrected chi connectivity index (χ2v) is 4.86. The lowest BCUT2D eigenvalue weighted by Gasteiger charge is -2.17. The molecule has 4 heteroatoms. The number of rotatable bonds is 2. The van der Waals surface area contributed by atoms with E-state index in [0.717, 1.165) is 17.0 Å². The fourth-order valence-electron chi connectivity index (χ4n) is 2.39. The fourth-order valence-corrected chi connectivity index (χ4v) is 2.64. The van der Waals surface area contributed by atoms with Gasteiger partial charge in [0.05, 0.1) is 7.11 Å². The molecule has 1 unspecified atom stereocenters. The Hall–Kier alpha value is -1.06. The van der Waals surface area contributed by atoms with Crippen LogP contribution in [-0.4, -0.2) is 19.1 Å². The molecule has 1 aromatic rings. The lowest BCUT2D eigenvalue weighted by atomic mass is 9.95. The van der Waals surface area contributed by atoms with Crippen LogP contribution >= 0.6 is 11.6 Å². The number of carbonyl (C=O) groups excluding carboxylic acids is 1. The monoisotopic (exact) mass is 253 g/mol. The van der Waals surface area contributed by atoms with Crippen LogP contribution in [0, 0.1) is 5.92 Å². The standard InChI is InChI=1S/C13H16ClNO2/c1-8-7-11(13(16)17-2)15-12(8)9-5-3-4-6-10(9)14/h3-6,8,11-12,15H,7H2,1-2H3/t8?,11-,12+/m0/s1. The van der Waals surface area contributed by atoms with Crippen LogP contribution in [0.25, 0.3) is 0 Å².